The highest BCUT2D eigenvalue weighted by Crippen LogP contribution is 2.36. The number of amides is 1. The molecule has 1 heterocycles. The Morgan fingerprint density at radius 2 is 1.91 bits per heavy atom. The van der Waals surface area contributed by atoms with Crippen molar-refractivity contribution in [2.45, 2.75) is 32.9 Å². The quantitative estimate of drug-likeness (QED) is 0.643. The van der Waals surface area contributed by atoms with Crippen molar-refractivity contribution in [3.63, 3.8) is 0 Å². The number of ether oxygens (including phenoxy) is 1. The molecular formula is C19H21NO3. The molecule has 23 heavy (non-hydrogen) atoms. The summed E-state index contributed by atoms with van der Waals surface area (Å²) in [6.45, 7) is 5.85. The standard InChI is InChI=1S/C19H21NO3/c1-4-23-19(22)17-12(2)18(21)20(17)13(3)15-10-9-14-7-5-6-8-16(14)11-15/h5-13,17H,4H2,1-3H3/t12?,13-,17+/m1/s1. The van der Waals surface area contributed by atoms with E-state index < -0.39 is 6.04 Å². The number of nitrogens with zero attached hydrogens (tertiary/aromatic N) is 1. The van der Waals surface area contributed by atoms with Gasteiger partial charge in [-0.2, -0.15) is 0 Å². The minimum absolute atomic E-state index is 0.00344. The summed E-state index contributed by atoms with van der Waals surface area (Å²) in [7, 11) is 0. The third-order valence-electron chi connectivity index (χ3n) is 4.62. The molecule has 0 bridgehead atoms. The highest BCUT2D eigenvalue weighted by atomic mass is 16.5. The zero-order valence-electron chi connectivity index (χ0n) is 13.7. The highest BCUT2D eigenvalue weighted by Gasteiger charge is 2.51. The predicted octanol–water partition coefficient (Wildman–Crippen LogP) is 3.31. The fourth-order valence-corrected chi connectivity index (χ4v) is 3.27. The van der Waals surface area contributed by atoms with Gasteiger partial charge in [0.15, 0.2) is 0 Å². The van der Waals surface area contributed by atoms with E-state index in [4.69, 9.17) is 4.74 Å². The molecule has 0 aliphatic carbocycles. The first-order valence-corrected chi connectivity index (χ1v) is 8.02. The van der Waals surface area contributed by atoms with Crippen LogP contribution in [-0.4, -0.2) is 29.4 Å². The van der Waals surface area contributed by atoms with E-state index in [9.17, 15) is 9.59 Å². The Hall–Kier alpha value is -2.36. The van der Waals surface area contributed by atoms with Crippen molar-refractivity contribution in [1.29, 1.82) is 0 Å². The third kappa shape index (κ3) is 2.58. The fourth-order valence-electron chi connectivity index (χ4n) is 3.27. The average Bonchev–Trinajstić information content (AvgIpc) is 2.57. The molecular weight excluding hydrogens is 290 g/mol. The van der Waals surface area contributed by atoms with Crippen LogP contribution in [0.15, 0.2) is 42.5 Å². The minimum atomic E-state index is -0.482. The number of rotatable bonds is 4. The summed E-state index contributed by atoms with van der Waals surface area (Å²) in [5.41, 5.74) is 1.03. The fraction of sp³-hybridized carbons (Fsp3) is 0.368. The van der Waals surface area contributed by atoms with Crippen molar-refractivity contribution in [3.8, 4) is 0 Å². The minimum Gasteiger partial charge on any atom is -0.464 e. The van der Waals surface area contributed by atoms with Gasteiger partial charge in [-0.15, -0.1) is 0 Å². The van der Waals surface area contributed by atoms with Gasteiger partial charge in [-0.25, -0.2) is 4.79 Å². The van der Waals surface area contributed by atoms with Gasteiger partial charge in [0, 0.05) is 0 Å². The normalized spacial score (nSPS) is 21.9. The van der Waals surface area contributed by atoms with E-state index in [1.54, 1.807) is 18.7 Å². The van der Waals surface area contributed by atoms with Gasteiger partial charge in [0.25, 0.3) is 0 Å². The Bertz CT molecular complexity index is 755. The Labute approximate surface area is 136 Å². The second-order valence-corrected chi connectivity index (χ2v) is 6.01. The third-order valence-corrected chi connectivity index (χ3v) is 4.62. The lowest BCUT2D eigenvalue weighted by Crippen LogP contribution is -2.64. The number of esters is 1. The van der Waals surface area contributed by atoms with E-state index >= 15 is 0 Å². The molecule has 4 nitrogen and oxygen atoms in total. The molecule has 2 aromatic carbocycles. The van der Waals surface area contributed by atoms with Gasteiger partial charge in [0.05, 0.1) is 18.6 Å². The molecule has 3 atom stereocenters. The molecule has 1 amide bonds. The van der Waals surface area contributed by atoms with Gasteiger partial charge in [-0.3, -0.25) is 4.79 Å². The summed E-state index contributed by atoms with van der Waals surface area (Å²) in [5.74, 6) is -0.618. The molecule has 1 aliphatic heterocycles. The maximum atomic E-state index is 12.3. The number of carbonyl (C=O) groups excluding carboxylic acids is 2. The lowest BCUT2D eigenvalue weighted by molar-refractivity contribution is -0.176. The van der Waals surface area contributed by atoms with Crippen LogP contribution in [-0.2, 0) is 14.3 Å². The van der Waals surface area contributed by atoms with Crippen LogP contribution in [0.1, 0.15) is 32.4 Å². The summed E-state index contributed by atoms with van der Waals surface area (Å²) in [6, 6.07) is 13.6. The van der Waals surface area contributed by atoms with Crippen LogP contribution >= 0.6 is 0 Å². The van der Waals surface area contributed by atoms with Gasteiger partial charge >= 0.3 is 5.97 Å². The smallest absolute Gasteiger partial charge is 0.329 e. The van der Waals surface area contributed by atoms with Gasteiger partial charge in [-0.1, -0.05) is 43.3 Å². The summed E-state index contributed by atoms with van der Waals surface area (Å²) < 4.78 is 5.12. The summed E-state index contributed by atoms with van der Waals surface area (Å²) >= 11 is 0. The van der Waals surface area contributed by atoms with E-state index in [2.05, 4.69) is 18.2 Å². The van der Waals surface area contributed by atoms with Crippen LogP contribution in [0.5, 0.6) is 0 Å². The van der Waals surface area contributed by atoms with Crippen LogP contribution in [0.2, 0.25) is 0 Å². The SMILES string of the molecule is CCOC(=O)[C@@H]1C(C)C(=O)N1[C@H](C)c1ccc2ccccc2c1. The number of hydrogen-bond acceptors (Lipinski definition) is 3. The topological polar surface area (TPSA) is 46.6 Å². The van der Waals surface area contributed by atoms with Crippen molar-refractivity contribution in [3.05, 3.63) is 48.0 Å². The van der Waals surface area contributed by atoms with Crippen LogP contribution in [0.4, 0.5) is 0 Å². The Morgan fingerprint density at radius 1 is 1.22 bits per heavy atom. The molecule has 0 aromatic heterocycles. The van der Waals surface area contributed by atoms with E-state index in [1.807, 2.05) is 31.2 Å². The first kappa shape index (κ1) is 15.5. The second kappa shape index (κ2) is 6.03. The molecule has 1 saturated heterocycles. The first-order chi connectivity index (χ1) is 11.0. The van der Waals surface area contributed by atoms with E-state index in [-0.39, 0.29) is 23.8 Å². The van der Waals surface area contributed by atoms with Gasteiger partial charge in [-0.05, 0) is 36.2 Å². The number of fused-ring (bicyclic) bond motifs is 1. The van der Waals surface area contributed by atoms with Gasteiger partial charge in [0.1, 0.15) is 6.04 Å². The first-order valence-electron chi connectivity index (χ1n) is 8.02. The van der Waals surface area contributed by atoms with Crippen molar-refractivity contribution >= 4 is 22.6 Å². The van der Waals surface area contributed by atoms with Crippen LogP contribution in [0.25, 0.3) is 10.8 Å². The number of benzene rings is 2. The Kier molecular flexibility index (Phi) is 4.07. The maximum absolute atomic E-state index is 12.3. The van der Waals surface area contributed by atoms with Crippen LogP contribution in [0.3, 0.4) is 0 Å². The molecule has 120 valence electrons. The summed E-state index contributed by atoms with van der Waals surface area (Å²) in [4.78, 5) is 26.0. The molecule has 4 heteroatoms. The molecule has 1 fully saturated rings. The monoisotopic (exact) mass is 311 g/mol. The van der Waals surface area contributed by atoms with Gasteiger partial charge in [0.2, 0.25) is 5.91 Å². The Balaban J connectivity index is 1.89. The van der Waals surface area contributed by atoms with E-state index in [0.717, 1.165) is 16.3 Å². The number of β-lactam (4-membered cyclic amide) rings is 1. The molecule has 0 saturated carbocycles. The molecule has 2 aromatic rings. The van der Waals surface area contributed by atoms with Crippen molar-refractivity contribution in [2.24, 2.45) is 5.92 Å². The largest absolute Gasteiger partial charge is 0.464 e. The summed E-state index contributed by atoms with van der Waals surface area (Å²) in [6.07, 6.45) is 0. The summed E-state index contributed by atoms with van der Waals surface area (Å²) in [5, 5.41) is 2.29. The second-order valence-electron chi connectivity index (χ2n) is 6.01. The van der Waals surface area contributed by atoms with E-state index in [0.29, 0.717) is 6.61 Å². The maximum Gasteiger partial charge on any atom is 0.329 e. The van der Waals surface area contributed by atoms with Crippen molar-refractivity contribution < 1.29 is 14.3 Å². The highest BCUT2D eigenvalue weighted by molar-refractivity contribution is 5.97. The van der Waals surface area contributed by atoms with Gasteiger partial charge < -0.3 is 9.64 Å². The molecule has 3 rings (SSSR count). The molecule has 1 aliphatic rings. The Morgan fingerprint density at radius 3 is 2.61 bits per heavy atom. The molecule has 1 unspecified atom stereocenters. The predicted molar refractivity (Wildman–Crippen MR) is 88.8 cm³/mol. The van der Waals surface area contributed by atoms with Crippen molar-refractivity contribution in [1.82, 2.24) is 4.90 Å². The molecule has 0 N–H and O–H groups in total. The zero-order valence-corrected chi connectivity index (χ0v) is 13.7. The molecule has 0 radical (unpaired) electrons. The lowest BCUT2D eigenvalue weighted by atomic mass is 9.85. The molecule has 0 spiro atoms. The van der Waals surface area contributed by atoms with Crippen molar-refractivity contribution in [2.75, 3.05) is 6.61 Å². The number of likely N-dealkylation sites (tertiary alicyclic amines) is 1. The number of hydrogen-bond donors (Lipinski definition) is 0. The van der Waals surface area contributed by atoms with Crippen LogP contribution < -0.4 is 0 Å². The van der Waals surface area contributed by atoms with Crippen LogP contribution in [0, 0.1) is 5.92 Å². The van der Waals surface area contributed by atoms with E-state index in [1.165, 1.54) is 0 Å². The lowest BCUT2D eigenvalue weighted by Gasteiger charge is -2.47. The zero-order chi connectivity index (χ0) is 16.6. The number of carbonyl (C=O) groups is 2. The average molecular weight is 311 g/mol.